The Balaban J connectivity index is 1.63. The maximum Gasteiger partial charge on any atom is 0.275 e. The van der Waals surface area contributed by atoms with E-state index in [0.29, 0.717) is 46.7 Å². The quantitative estimate of drug-likeness (QED) is 0.435. The van der Waals surface area contributed by atoms with Gasteiger partial charge in [-0.25, -0.2) is 0 Å². The third-order valence-corrected chi connectivity index (χ3v) is 4.01. The van der Waals surface area contributed by atoms with Crippen molar-refractivity contribution in [2.24, 2.45) is 0 Å². The van der Waals surface area contributed by atoms with Crippen LogP contribution in [0.25, 0.3) is 17.2 Å². The van der Waals surface area contributed by atoms with Crippen molar-refractivity contribution in [2.75, 3.05) is 21.3 Å². The van der Waals surface area contributed by atoms with Crippen molar-refractivity contribution in [3.05, 3.63) is 41.9 Å². The van der Waals surface area contributed by atoms with Gasteiger partial charge in [-0.3, -0.25) is 4.98 Å². The first-order valence-corrected chi connectivity index (χ1v) is 8.59. The molecule has 0 atom stereocenters. The first-order valence-electron chi connectivity index (χ1n) is 8.59. The minimum Gasteiger partial charge on any atom is -0.495 e. The standard InChI is InChI=1S/C18H18N6O5/c1-25-10-13-6-14(23-29-13)17-21-20-16-7-15(27-3)18(22-24(16)17)28-9-11-4-5-12(26-2)8-19-11/h4-8H,9-10H2,1-3H3. The third-order valence-electron chi connectivity index (χ3n) is 4.01. The Hall–Kier alpha value is -3.73. The van der Waals surface area contributed by atoms with Crippen molar-refractivity contribution in [3.8, 4) is 28.9 Å². The van der Waals surface area contributed by atoms with Gasteiger partial charge in [0.1, 0.15) is 19.0 Å². The molecule has 0 saturated carbocycles. The summed E-state index contributed by atoms with van der Waals surface area (Å²) in [6.45, 7) is 0.493. The summed E-state index contributed by atoms with van der Waals surface area (Å²) >= 11 is 0. The highest BCUT2D eigenvalue weighted by molar-refractivity contribution is 5.56. The number of hydrogen-bond acceptors (Lipinski definition) is 10. The average Bonchev–Trinajstić information content (AvgIpc) is 3.38. The minimum atomic E-state index is 0.193. The Morgan fingerprint density at radius 2 is 1.93 bits per heavy atom. The highest BCUT2D eigenvalue weighted by atomic mass is 16.5. The van der Waals surface area contributed by atoms with Gasteiger partial charge in [0, 0.05) is 19.2 Å². The van der Waals surface area contributed by atoms with Crippen molar-refractivity contribution < 1.29 is 23.5 Å². The molecule has 0 spiro atoms. The molecule has 11 heteroatoms. The van der Waals surface area contributed by atoms with Crippen LogP contribution in [0.1, 0.15) is 11.5 Å². The van der Waals surface area contributed by atoms with Crippen LogP contribution in [-0.4, -0.2) is 51.3 Å². The van der Waals surface area contributed by atoms with Gasteiger partial charge in [-0.1, -0.05) is 5.16 Å². The van der Waals surface area contributed by atoms with E-state index in [1.165, 1.54) is 11.6 Å². The molecular formula is C18H18N6O5. The lowest BCUT2D eigenvalue weighted by atomic mass is 10.3. The number of fused-ring (bicyclic) bond motifs is 1. The Bertz CT molecular complexity index is 1110. The zero-order valence-corrected chi connectivity index (χ0v) is 16.0. The van der Waals surface area contributed by atoms with Gasteiger partial charge in [-0.2, -0.15) is 4.52 Å². The lowest BCUT2D eigenvalue weighted by molar-refractivity contribution is 0.156. The summed E-state index contributed by atoms with van der Waals surface area (Å²) in [7, 11) is 4.68. The summed E-state index contributed by atoms with van der Waals surface area (Å²) in [5, 5.41) is 16.7. The average molecular weight is 398 g/mol. The van der Waals surface area contributed by atoms with Gasteiger partial charge in [-0.15, -0.1) is 15.3 Å². The van der Waals surface area contributed by atoms with Gasteiger partial charge < -0.3 is 23.5 Å². The number of aromatic nitrogens is 6. The molecule has 29 heavy (non-hydrogen) atoms. The lowest BCUT2D eigenvalue weighted by Gasteiger charge is -2.10. The van der Waals surface area contributed by atoms with Crippen molar-refractivity contribution >= 4 is 5.65 Å². The maximum atomic E-state index is 5.82. The van der Waals surface area contributed by atoms with Gasteiger partial charge in [0.2, 0.25) is 5.82 Å². The Morgan fingerprint density at radius 1 is 1.03 bits per heavy atom. The van der Waals surface area contributed by atoms with Crippen LogP contribution in [0.3, 0.4) is 0 Å². The predicted molar refractivity (Wildman–Crippen MR) is 98.7 cm³/mol. The molecule has 0 saturated heterocycles. The summed E-state index contributed by atoms with van der Waals surface area (Å²) in [6, 6.07) is 7.00. The van der Waals surface area contributed by atoms with E-state index in [9.17, 15) is 0 Å². The van der Waals surface area contributed by atoms with Gasteiger partial charge in [-0.05, 0) is 12.1 Å². The van der Waals surface area contributed by atoms with Crippen LogP contribution in [-0.2, 0) is 18.0 Å². The molecule has 4 aromatic heterocycles. The van der Waals surface area contributed by atoms with Gasteiger partial charge >= 0.3 is 0 Å². The third kappa shape index (κ3) is 3.80. The molecule has 0 fully saturated rings. The molecule has 0 aromatic carbocycles. The molecule has 0 radical (unpaired) electrons. The summed E-state index contributed by atoms with van der Waals surface area (Å²) in [6.07, 6.45) is 1.62. The Kier molecular flexibility index (Phi) is 5.20. The van der Waals surface area contributed by atoms with Crippen LogP contribution < -0.4 is 14.2 Å². The second kappa shape index (κ2) is 8.10. The maximum absolute atomic E-state index is 5.82. The molecule has 4 heterocycles. The molecule has 0 aliphatic carbocycles. The molecule has 0 aliphatic heterocycles. The molecule has 4 rings (SSSR count). The van der Waals surface area contributed by atoms with Gasteiger partial charge in [0.25, 0.3) is 5.88 Å². The van der Waals surface area contributed by atoms with E-state index >= 15 is 0 Å². The summed E-state index contributed by atoms with van der Waals surface area (Å²) in [5.41, 5.74) is 1.66. The van der Waals surface area contributed by atoms with Crippen LogP contribution in [0.5, 0.6) is 17.4 Å². The van der Waals surface area contributed by atoms with Crippen LogP contribution in [0.2, 0.25) is 0 Å². The molecule has 150 valence electrons. The van der Waals surface area contributed by atoms with Crippen LogP contribution in [0, 0.1) is 0 Å². The number of pyridine rings is 1. The van der Waals surface area contributed by atoms with Crippen LogP contribution in [0.15, 0.2) is 35.0 Å². The highest BCUT2D eigenvalue weighted by Gasteiger charge is 2.18. The Morgan fingerprint density at radius 3 is 2.66 bits per heavy atom. The van der Waals surface area contributed by atoms with Crippen LogP contribution >= 0.6 is 0 Å². The zero-order valence-electron chi connectivity index (χ0n) is 16.0. The number of methoxy groups -OCH3 is 3. The fourth-order valence-electron chi connectivity index (χ4n) is 2.59. The molecule has 0 aliphatic rings. The lowest BCUT2D eigenvalue weighted by Crippen LogP contribution is -2.05. The molecule has 0 amide bonds. The van der Waals surface area contributed by atoms with E-state index in [1.807, 2.05) is 0 Å². The predicted octanol–water partition coefficient (Wildman–Crippen LogP) is 1.92. The summed E-state index contributed by atoms with van der Waals surface area (Å²) in [5.74, 6) is 2.32. The van der Waals surface area contributed by atoms with E-state index < -0.39 is 0 Å². The first-order chi connectivity index (χ1) is 14.2. The van der Waals surface area contributed by atoms with Gasteiger partial charge in [0.15, 0.2) is 22.9 Å². The topological polar surface area (TPSA) is 119 Å². The normalized spacial score (nSPS) is 11.0. The monoisotopic (exact) mass is 398 g/mol. The molecule has 0 unspecified atom stereocenters. The number of rotatable bonds is 8. The van der Waals surface area contributed by atoms with Crippen molar-refractivity contribution in [1.82, 2.24) is 30.0 Å². The van der Waals surface area contributed by atoms with Gasteiger partial charge in [0.05, 0.1) is 26.1 Å². The Labute approximate surface area is 165 Å². The largest absolute Gasteiger partial charge is 0.495 e. The molecule has 11 nitrogen and oxygen atoms in total. The number of hydrogen-bond donors (Lipinski definition) is 0. The second-order valence-corrected chi connectivity index (χ2v) is 5.90. The van der Waals surface area contributed by atoms with E-state index in [2.05, 4.69) is 25.4 Å². The SMILES string of the molecule is COCc1cc(-c2nnc3cc(OC)c(OCc4ccc(OC)cn4)nn23)no1. The fraction of sp³-hybridized carbons (Fsp3) is 0.278. The fourth-order valence-corrected chi connectivity index (χ4v) is 2.59. The highest BCUT2D eigenvalue weighted by Crippen LogP contribution is 2.28. The van der Waals surface area contributed by atoms with E-state index in [4.69, 9.17) is 23.5 Å². The van der Waals surface area contributed by atoms with E-state index in [1.54, 1.807) is 44.7 Å². The summed E-state index contributed by atoms with van der Waals surface area (Å²) in [4.78, 5) is 4.27. The second-order valence-electron chi connectivity index (χ2n) is 5.90. The van der Waals surface area contributed by atoms with Crippen LogP contribution in [0.4, 0.5) is 0 Å². The minimum absolute atomic E-state index is 0.193. The molecular weight excluding hydrogens is 380 g/mol. The smallest absolute Gasteiger partial charge is 0.275 e. The van der Waals surface area contributed by atoms with E-state index in [-0.39, 0.29) is 12.5 Å². The summed E-state index contributed by atoms with van der Waals surface area (Å²) < 4.78 is 28.1. The number of ether oxygens (including phenoxy) is 4. The van der Waals surface area contributed by atoms with E-state index in [0.717, 1.165) is 0 Å². The zero-order chi connectivity index (χ0) is 20.2. The van der Waals surface area contributed by atoms with Crippen molar-refractivity contribution in [3.63, 3.8) is 0 Å². The molecule has 0 bridgehead atoms. The number of nitrogens with zero attached hydrogens (tertiary/aromatic N) is 6. The van der Waals surface area contributed by atoms with Crippen molar-refractivity contribution in [1.29, 1.82) is 0 Å². The molecule has 4 aromatic rings. The van der Waals surface area contributed by atoms with Crippen molar-refractivity contribution in [2.45, 2.75) is 13.2 Å². The molecule has 0 N–H and O–H groups in total. The first kappa shape index (κ1) is 18.6.